The number of nitrogens with zero attached hydrogens (tertiary/aromatic N) is 2. The molecule has 2 amide bonds. The van der Waals surface area contributed by atoms with Crippen molar-refractivity contribution in [1.29, 1.82) is 0 Å². The molecule has 0 aliphatic carbocycles. The molecule has 0 spiro atoms. The van der Waals surface area contributed by atoms with Crippen molar-refractivity contribution in [3.8, 4) is 0 Å². The van der Waals surface area contributed by atoms with Gasteiger partial charge in [0.1, 0.15) is 12.4 Å². The third-order valence-electron chi connectivity index (χ3n) is 6.70. The molecule has 1 saturated heterocycles. The molecule has 0 radical (unpaired) electrons. The van der Waals surface area contributed by atoms with E-state index in [0.717, 1.165) is 30.4 Å². The highest BCUT2D eigenvalue weighted by Crippen LogP contribution is 2.41. The molecule has 0 saturated carbocycles. The predicted octanol–water partition coefficient (Wildman–Crippen LogP) is 5.99. The molecular weight excluding hydrogens is 522 g/mol. The topological polar surface area (TPSA) is 49.9 Å². The van der Waals surface area contributed by atoms with Crippen molar-refractivity contribution in [2.75, 3.05) is 26.2 Å². The molecule has 3 aromatic rings. The zero-order valence-electron chi connectivity index (χ0n) is 19.5. The summed E-state index contributed by atoms with van der Waals surface area (Å²) < 4.78 is 19.2. The summed E-state index contributed by atoms with van der Waals surface area (Å²) in [5.74, 6) is -0.930. The van der Waals surface area contributed by atoms with Crippen molar-refractivity contribution in [3.63, 3.8) is 0 Å². The van der Waals surface area contributed by atoms with E-state index in [1.54, 1.807) is 28.4 Å². The van der Waals surface area contributed by atoms with E-state index in [1.165, 1.54) is 34.0 Å². The van der Waals surface area contributed by atoms with Crippen LogP contribution in [0.2, 0.25) is 10.0 Å². The molecule has 1 fully saturated rings. The zero-order chi connectivity index (χ0) is 25.2. The Morgan fingerprint density at radius 2 is 1.92 bits per heavy atom. The summed E-state index contributed by atoms with van der Waals surface area (Å²) in [4.78, 5) is 31.8. The Bertz CT molecular complexity index is 1260. The van der Waals surface area contributed by atoms with Crippen LogP contribution >= 0.6 is 34.5 Å². The van der Waals surface area contributed by atoms with Crippen molar-refractivity contribution in [2.45, 2.75) is 31.4 Å². The van der Waals surface area contributed by atoms with Gasteiger partial charge in [0.15, 0.2) is 0 Å². The first-order valence-corrected chi connectivity index (χ1v) is 13.5. The van der Waals surface area contributed by atoms with Crippen LogP contribution in [0.5, 0.6) is 0 Å². The van der Waals surface area contributed by atoms with Crippen LogP contribution in [0.25, 0.3) is 0 Å². The second kappa shape index (κ2) is 10.9. The maximum absolute atomic E-state index is 13.8. The van der Waals surface area contributed by atoms with Crippen molar-refractivity contribution < 1.29 is 18.7 Å². The zero-order valence-corrected chi connectivity index (χ0v) is 21.8. The molecule has 5 rings (SSSR count). The van der Waals surface area contributed by atoms with E-state index >= 15 is 0 Å². The van der Waals surface area contributed by atoms with E-state index in [1.807, 2.05) is 17.5 Å². The van der Waals surface area contributed by atoms with E-state index in [9.17, 15) is 14.0 Å². The molecule has 0 N–H and O–H groups in total. The van der Waals surface area contributed by atoms with Gasteiger partial charge in [-0.15, -0.1) is 11.3 Å². The number of fused-ring (bicyclic) bond motifs is 1. The summed E-state index contributed by atoms with van der Waals surface area (Å²) in [5.41, 5.74) is 2.17. The number of benzene rings is 2. The van der Waals surface area contributed by atoms with Crippen molar-refractivity contribution in [1.82, 2.24) is 9.80 Å². The Morgan fingerprint density at radius 3 is 2.64 bits per heavy atom. The Morgan fingerprint density at radius 1 is 1.11 bits per heavy atom. The maximum Gasteiger partial charge on any atom is 0.254 e. The minimum Gasteiger partial charge on any atom is -0.376 e. The Balaban J connectivity index is 1.44. The molecule has 2 aliphatic heterocycles. The van der Waals surface area contributed by atoms with E-state index in [-0.39, 0.29) is 30.5 Å². The van der Waals surface area contributed by atoms with Gasteiger partial charge in [-0.2, -0.15) is 0 Å². The van der Waals surface area contributed by atoms with Gasteiger partial charge < -0.3 is 14.5 Å². The molecule has 0 bridgehead atoms. The summed E-state index contributed by atoms with van der Waals surface area (Å²) in [6.07, 6.45) is 2.35. The fourth-order valence-corrected chi connectivity index (χ4v) is 6.34. The normalized spacial score (nSPS) is 19.2. The number of ether oxygens (including phenoxy) is 1. The average Bonchev–Trinajstić information content (AvgIpc) is 3.55. The van der Waals surface area contributed by atoms with Gasteiger partial charge in [0, 0.05) is 40.2 Å². The number of carbonyl (C=O) groups is 2. The van der Waals surface area contributed by atoms with Crippen molar-refractivity contribution in [3.05, 3.63) is 91.3 Å². The molecule has 2 atom stereocenters. The number of hydrogen-bond acceptors (Lipinski definition) is 4. The van der Waals surface area contributed by atoms with Crippen LogP contribution in [0.3, 0.4) is 0 Å². The van der Waals surface area contributed by atoms with E-state index < -0.39 is 5.82 Å². The van der Waals surface area contributed by atoms with Gasteiger partial charge in [-0.1, -0.05) is 29.3 Å². The Kier molecular flexibility index (Phi) is 7.62. The number of hydrogen-bond donors (Lipinski definition) is 0. The third-order valence-corrected chi connectivity index (χ3v) is 8.25. The monoisotopic (exact) mass is 546 g/mol. The van der Waals surface area contributed by atoms with E-state index in [2.05, 4.69) is 0 Å². The van der Waals surface area contributed by atoms with Gasteiger partial charge in [0.2, 0.25) is 5.91 Å². The average molecular weight is 547 g/mol. The predicted molar refractivity (Wildman–Crippen MR) is 139 cm³/mol. The molecule has 188 valence electrons. The highest BCUT2D eigenvalue weighted by atomic mass is 35.5. The largest absolute Gasteiger partial charge is 0.376 e. The molecule has 5 nitrogen and oxygen atoms in total. The summed E-state index contributed by atoms with van der Waals surface area (Å²) in [5, 5.41) is 3.04. The Hall–Kier alpha value is -2.45. The summed E-state index contributed by atoms with van der Waals surface area (Å²) >= 11 is 14.4. The van der Waals surface area contributed by atoms with Crippen LogP contribution in [0.1, 0.15) is 45.2 Å². The summed E-state index contributed by atoms with van der Waals surface area (Å²) in [7, 11) is 0. The highest BCUT2D eigenvalue weighted by molar-refractivity contribution is 7.10. The molecule has 36 heavy (non-hydrogen) atoms. The highest BCUT2D eigenvalue weighted by Gasteiger charge is 2.36. The van der Waals surface area contributed by atoms with Crippen molar-refractivity contribution in [2.24, 2.45) is 0 Å². The van der Waals surface area contributed by atoms with Gasteiger partial charge in [0.05, 0.1) is 12.1 Å². The van der Waals surface area contributed by atoms with Crippen LogP contribution in [0, 0.1) is 5.82 Å². The van der Waals surface area contributed by atoms with E-state index in [4.69, 9.17) is 27.9 Å². The molecule has 1 aromatic heterocycles. The summed E-state index contributed by atoms with van der Waals surface area (Å²) in [6.45, 7) is 1.33. The second-order valence-corrected chi connectivity index (χ2v) is 10.9. The lowest BCUT2D eigenvalue weighted by Crippen LogP contribution is -2.48. The number of amides is 2. The van der Waals surface area contributed by atoms with Crippen LogP contribution in [0.15, 0.2) is 53.9 Å². The number of rotatable bonds is 6. The minimum atomic E-state index is -0.420. The lowest BCUT2D eigenvalue weighted by molar-refractivity contribution is -0.134. The van der Waals surface area contributed by atoms with Gasteiger partial charge in [0.25, 0.3) is 5.91 Å². The van der Waals surface area contributed by atoms with Gasteiger partial charge in [-0.05, 0) is 78.2 Å². The van der Waals surface area contributed by atoms with Crippen LogP contribution in [-0.4, -0.2) is 54.0 Å². The SMILES string of the molecule is O=C(c1ccc(F)cc1)N(CC(=O)N1CCc2sccc2C1c1ccc(Cl)cc1Cl)CC1CCCO1. The number of carbonyl (C=O) groups excluding carboxylic acids is 2. The second-order valence-electron chi connectivity index (χ2n) is 9.03. The standard InChI is InChI=1S/C27H25Cl2FN2O3S/c28-18-5-8-21(23(29)14-18)26-22-10-13-36-24(22)9-11-32(26)25(33)16-31(15-20-2-1-12-35-20)27(34)17-3-6-19(30)7-4-17/h3-8,10,13-14,20,26H,1-2,9,11-12,15-16H2. The lowest BCUT2D eigenvalue weighted by atomic mass is 9.93. The minimum absolute atomic E-state index is 0.114. The molecular formula is C27H25Cl2FN2O3S. The lowest BCUT2D eigenvalue weighted by Gasteiger charge is -2.38. The smallest absolute Gasteiger partial charge is 0.254 e. The molecule has 3 heterocycles. The van der Waals surface area contributed by atoms with Gasteiger partial charge in [-0.3, -0.25) is 9.59 Å². The molecule has 9 heteroatoms. The quantitative estimate of drug-likeness (QED) is 0.381. The molecule has 2 aliphatic rings. The fraction of sp³-hybridized carbons (Fsp3) is 0.333. The first-order chi connectivity index (χ1) is 17.4. The summed E-state index contributed by atoms with van der Waals surface area (Å²) in [6, 6.07) is 12.4. The number of thiophene rings is 1. The van der Waals surface area contributed by atoms with E-state index in [0.29, 0.717) is 35.3 Å². The van der Waals surface area contributed by atoms with Crippen LogP contribution in [0.4, 0.5) is 4.39 Å². The fourth-order valence-electron chi connectivity index (χ4n) is 4.93. The van der Waals surface area contributed by atoms with Crippen LogP contribution < -0.4 is 0 Å². The first-order valence-electron chi connectivity index (χ1n) is 11.9. The molecule has 2 aromatic carbocycles. The first kappa shape index (κ1) is 25.2. The van der Waals surface area contributed by atoms with Gasteiger partial charge >= 0.3 is 0 Å². The third kappa shape index (κ3) is 5.30. The molecule has 2 unspecified atom stereocenters. The number of halogens is 3. The van der Waals surface area contributed by atoms with Crippen molar-refractivity contribution >= 4 is 46.4 Å². The Labute approximate surface area is 223 Å². The van der Waals surface area contributed by atoms with Gasteiger partial charge in [-0.25, -0.2) is 4.39 Å². The maximum atomic E-state index is 13.8. The van der Waals surface area contributed by atoms with Crippen LogP contribution in [-0.2, 0) is 16.0 Å².